The fourth-order valence-corrected chi connectivity index (χ4v) is 1.23. The quantitative estimate of drug-likeness (QED) is 0.766. The van der Waals surface area contributed by atoms with Crippen molar-refractivity contribution < 1.29 is 9.53 Å². The third-order valence-electron chi connectivity index (χ3n) is 2.05. The Morgan fingerprint density at radius 3 is 2.88 bits per heavy atom. The highest BCUT2D eigenvalue weighted by atomic mass is 16.5. The van der Waals surface area contributed by atoms with E-state index in [1.54, 1.807) is 0 Å². The Morgan fingerprint density at radius 2 is 2.31 bits per heavy atom. The summed E-state index contributed by atoms with van der Waals surface area (Å²) < 4.78 is 5.27. The Kier molecular flexibility index (Phi) is 4.72. The topological polar surface area (TPSA) is 71.2 Å². The number of amides is 1. The van der Waals surface area contributed by atoms with Crippen LogP contribution in [0.4, 0.5) is 0 Å². The van der Waals surface area contributed by atoms with Gasteiger partial charge in [0.15, 0.2) is 0 Å². The van der Waals surface area contributed by atoms with Gasteiger partial charge in [-0.25, -0.2) is 0 Å². The lowest BCUT2D eigenvalue weighted by Crippen LogP contribution is -2.32. The zero-order valence-electron chi connectivity index (χ0n) is 9.45. The van der Waals surface area contributed by atoms with Gasteiger partial charge in [0, 0.05) is 25.4 Å². The van der Waals surface area contributed by atoms with Crippen molar-refractivity contribution >= 4 is 5.91 Å². The van der Waals surface area contributed by atoms with Crippen molar-refractivity contribution in [3.05, 3.63) is 34.2 Å². The van der Waals surface area contributed by atoms with Gasteiger partial charge >= 0.3 is 0 Å². The van der Waals surface area contributed by atoms with Gasteiger partial charge in [0.2, 0.25) is 5.56 Å². The number of aromatic amines is 1. The minimum atomic E-state index is -0.223. The van der Waals surface area contributed by atoms with Crippen LogP contribution >= 0.6 is 0 Å². The van der Waals surface area contributed by atoms with E-state index in [1.807, 2.05) is 13.8 Å². The van der Waals surface area contributed by atoms with E-state index < -0.39 is 0 Å². The molecular weight excluding hydrogens is 208 g/mol. The summed E-state index contributed by atoms with van der Waals surface area (Å²) in [6.45, 7) is 4.86. The summed E-state index contributed by atoms with van der Waals surface area (Å²) in [4.78, 5) is 24.8. The monoisotopic (exact) mass is 224 g/mol. The first-order chi connectivity index (χ1) is 7.63. The van der Waals surface area contributed by atoms with Crippen molar-refractivity contribution in [3.63, 3.8) is 0 Å². The van der Waals surface area contributed by atoms with Gasteiger partial charge in [-0.05, 0) is 19.9 Å². The van der Waals surface area contributed by atoms with Crippen LogP contribution in [-0.4, -0.2) is 30.1 Å². The highest BCUT2D eigenvalue weighted by Crippen LogP contribution is 1.94. The number of H-pyrrole nitrogens is 1. The first kappa shape index (κ1) is 12.4. The van der Waals surface area contributed by atoms with Crippen LogP contribution < -0.4 is 10.9 Å². The van der Waals surface area contributed by atoms with Crippen molar-refractivity contribution in [2.45, 2.75) is 20.0 Å². The van der Waals surface area contributed by atoms with Crippen LogP contribution in [0, 0.1) is 0 Å². The third kappa shape index (κ3) is 3.86. The summed E-state index contributed by atoms with van der Waals surface area (Å²) in [7, 11) is 0. The van der Waals surface area contributed by atoms with E-state index in [1.165, 1.54) is 18.3 Å². The number of hydrogen-bond donors (Lipinski definition) is 2. The predicted octanol–water partition coefficient (Wildman–Crippen LogP) is 0.530. The lowest BCUT2D eigenvalue weighted by molar-refractivity contribution is 0.0695. The normalized spacial score (nSPS) is 12.1. The molecule has 16 heavy (non-hydrogen) atoms. The highest BCUT2D eigenvalue weighted by Gasteiger charge is 2.07. The minimum Gasteiger partial charge on any atom is -0.377 e. The second-order valence-electron chi connectivity index (χ2n) is 3.42. The first-order valence-electron chi connectivity index (χ1n) is 5.22. The lowest BCUT2D eigenvalue weighted by Gasteiger charge is -2.12. The maximum atomic E-state index is 11.6. The third-order valence-corrected chi connectivity index (χ3v) is 2.05. The van der Waals surface area contributed by atoms with Crippen LogP contribution in [0.15, 0.2) is 23.1 Å². The molecular formula is C11H16N2O3. The average Bonchev–Trinajstić information content (AvgIpc) is 2.27. The van der Waals surface area contributed by atoms with Gasteiger partial charge in [-0.3, -0.25) is 9.59 Å². The number of carbonyl (C=O) groups excluding carboxylic acids is 1. The summed E-state index contributed by atoms with van der Waals surface area (Å²) in [6.07, 6.45) is 1.37. The molecule has 0 saturated heterocycles. The molecule has 0 spiro atoms. The second kappa shape index (κ2) is 6.07. The second-order valence-corrected chi connectivity index (χ2v) is 3.42. The van der Waals surface area contributed by atoms with E-state index in [-0.39, 0.29) is 17.6 Å². The SMILES string of the molecule is CCOC(C)CNC(=O)c1ccc(=O)[nH]c1. The smallest absolute Gasteiger partial charge is 0.252 e. The van der Waals surface area contributed by atoms with E-state index in [9.17, 15) is 9.59 Å². The molecule has 5 heteroatoms. The summed E-state index contributed by atoms with van der Waals surface area (Å²) >= 11 is 0. The van der Waals surface area contributed by atoms with E-state index in [0.29, 0.717) is 18.7 Å². The lowest BCUT2D eigenvalue weighted by atomic mass is 10.2. The number of hydrogen-bond acceptors (Lipinski definition) is 3. The molecule has 0 fully saturated rings. The fourth-order valence-electron chi connectivity index (χ4n) is 1.23. The van der Waals surface area contributed by atoms with Gasteiger partial charge < -0.3 is 15.0 Å². The van der Waals surface area contributed by atoms with Crippen LogP contribution in [0.2, 0.25) is 0 Å². The van der Waals surface area contributed by atoms with Crippen LogP contribution in [0.5, 0.6) is 0 Å². The maximum absolute atomic E-state index is 11.6. The molecule has 0 aliphatic carbocycles. The van der Waals surface area contributed by atoms with Gasteiger partial charge in [0.1, 0.15) is 0 Å². The van der Waals surface area contributed by atoms with Crippen molar-refractivity contribution in [2.75, 3.05) is 13.2 Å². The van der Waals surface area contributed by atoms with Crippen molar-refractivity contribution in [2.24, 2.45) is 0 Å². The molecule has 0 aromatic carbocycles. The Labute approximate surface area is 93.8 Å². The molecule has 1 amide bonds. The molecule has 1 aromatic rings. The van der Waals surface area contributed by atoms with Gasteiger partial charge in [0.25, 0.3) is 5.91 Å². The number of rotatable bonds is 5. The average molecular weight is 224 g/mol. The summed E-state index contributed by atoms with van der Waals surface area (Å²) in [5.74, 6) is -0.220. The molecule has 1 atom stereocenters. The Bertz CT molecular complexity index is 380. The number of nitrogens with one attached hydrogen (secondary N) is 2. The molecule has 1 heterocycles. The van der Waals surface area contributed by atoms with Gasteiger partial charge in [-0.15, -0.1) is 0 Å². The van der Waals surface area contributed by atoms with Gasteiger partial charge in [0.05, 0.1) is 11.7 Å². The van der Waals surface area contributed by atoms with Crippen molar-refractivity contribution in [1.29, 1.82) is 0 Å². The molecule has 88 valence electrons. The van der Waals surface area contributed by atoms with Crippen LogP contribution in [-0.2, 0) is 4.74 Å². The number of ether oxygens (including phenoxy) is 1. The largest absolute Gasteiger partial charge is 0.377 e. The Morgan fingerprint density at radius 1 is 1.56 bits per heavy atom. The molecule has 0 aliphatic rings. The Balaban J connectivity index is 2.46. The molecule has 0 radical (unpaired) electrons. The van der Waals surface area contributed by atoms with Gasteiger partial charge in [-0.1, -0.05) is 0 Å². The van der Waals surface area contributed by atoms with Gasteiger partial charge in [-0.2, -0.15) is 0 Å². The molecule has 0 bridgehead atoms. The van der Waals surface area contributed by atoms with Crippen molar-refractivity contribution in [1.82, 2.24) is 10.3 Å². The predicted molar refractivity (Wildman–Crippen MR) is 60.5 cm³/mol. The van der Waals surface area contributed by atoms with E-state index in [0.717, 1.165) is 0 Å². The number of pyridine rings is 1. The van der Waals surface area contributed by atoms with E-state index in [4.69, 9.17) is 4.74 Å². The first-order valence-corrected chi connectivity index (χ1v) is 5.22. The van der Waals surface area contributed by atoms with Crippen molar-refractivity contribution in [3.8, 4) is 0 Å². The molecule has 0 saturated carbocycles. The summed E-state index contributed by atoms with van der Waals surface area (Å²) in [5, 5.41) is 2.72. The van der Waals surface area contributed by atoms with E-state index >= 15 is 0 Å². The summed E-state index contributed by atoms with van der Waals surface area (Å²) in [6, 6.07) is 2.81. The fraction of sp³-hybridized carbons (Fsp3) is 0.455. The number of aromatic nitrogens is 1. The standard InChI is InChI=1S/C11H16N2O3/c1-3-16-8(2)6-13-11(15)9-4-5-10(14)12-7-9/h4-5,7-8H,3,6H2,1-2H3,(H,12,14)(H,13,15). The zero-order valence-corrected chi connectivity index (χ0v) is 9.45. The number of carbonyl (C=O) groups is 1. The minimum absolute atomic E-state index is 0.0169. The van der Waals surface area contributed by atoms with Crippen LogP contribution in [0.1, 0.15) is 24.2 Å². The molecule has 1 rings (SSSR count). The Hall–Kier alpha value is -1.62. The van der Waals surface area contributed by atoms with E-state index in [2.05, 4.69) is 10.3 Å². The maximum Gasteiger partial charge on any atom is 0.252 e. The zero-order chi connectivity index (χ0) is 12.0. The van der Waals surface area contributed by atoms with Crippen LogP contribution in [0.3, 0.4) is 0 Å². The molecule has 5 nitrogen and oxygen atoms in total. The molecule has 1 aromatic heterocycles. The summed E-state index contributed by atoms with van der Waals surface area (Å²) in [5.41, 5.74) is 0.211. The highest BCUT2D eigenvalue weighted by molar-refractivity contribution is 5.93. The molecule has 2 N–H and O–H groups in total. The molecule has 1 unspecified atom stereocenters. The van der Waals surface area contributed by atoms with Crippen LogP contribution in [0.25, 0.3) is 0 Å². The molecule has 0 aliphatic heterocycles.